The summed E-state index contributed by atoms with van der Waals surface area (Å²) in [5, 5.41) is 0.535. The molecule has 36 heavy (non-hydrogen) atoms. The molecular weight excluding hydrogens is 454 g/mol. The van der Waals surface area contributed by atoms with Crippen molar-refractivity contribution >= 4 is 33.2 Å². The zero-order chi connectivity index (χ0) is 25.4. The molecule has 8 nitrogen and oxygen atoms in total. The third kappa shape index (κ3) is 3.86. The summed E-state index contributed by atoms with van der Waals surface area (Å²) in [7, 11) is 3.26. The minimum absolute atomic E-state index is 0.0444. The Kier molecular flexibility index (Phi) is 6.35. The van der Waals surface area contributed by atoms with E-state index in [0.29, 0.717) is 53.1 Å². The number of hydrogen-bond donors (Lipinski definition) is 0. The molecular formula is C28H31N5O3. The van der Waals surface area contributed by atoms with Gasteiger partial charge in [0.2, 0.25) is 0 Å². The second-order valence-corrected chi connectivity index (χ2v) is 8.99. The van der Waals surface area contributed by atoms with Crippen molar-refractivity contribution in [1.29, 1.82) is 0 Å². The van der Waals surface area contributed by atoms with Gasteiger partial charge in [-0.2, -0.15) is 0 Å². The number of ether oxygens (including phenoxy) is 2. The van der Waals surface area contributed by atoms with Gasteiger partial charge >= 0.3 is 0 Å². The van der Waals surface area contributed by atoms with Crippen LogP contribution >= 0.6 is 0 Å². The first kappa shape index (κ1) is 23.8. The number of methoxy groups -OCH3 is 2. The smallest absolute Gasteiger partial charge is 0.265 e. The standard InChI is InChI=1S/C28H31N5O3/c1-6-17(3)33-23(7-2)31-26-24(28(33)34)25-27(30-20-11-9-8-10-19(20)29-25)32(26)15-14-18-12-13-21(35-4)22(16-18)36-5/h8-13,16-17H,6-7,14-15H2,1-5H3/t17-/m1/s1. The summed E-state index contributed by atoms with van der Waals surface area (Å²) >= 11 is 0. The van der Waals surface area contributed by atoms with Crippen LogP contribution in [0.25, 0.3) is 33.2 Å². The molecule has 0 fully saturated rings. The molecule has 0 aliphatic carbocycles. The Morgan fingerprint density at radius 2 is 1.64 bits per heavy atom. The molecule has 8 heteroatoms. The van der Waals surface area contributed by atoms with E-state index in [1.807, 2.05) is 58.5 Å². The molecule has 5 aromatic rings. The van der Waals surface area contributed by atoms with Gasteiger partial charge in [0.25, 0.3) is 5.56 Å². The van der Waals surface area contributed by atoms with Crippen molar-refractivity contribution in [2.75, 3.05) is 14.2 Å². The molecule has 0 aliphatic rings. The highest BCUT2D eigenvalue weighted by Gasteiger charge is 2.23. The molecule has 0 unspecified atom stereocenters. The van der Waals surface area contributed by atoms with Crippen molar-refractivity contribution < 1.29 is 9.47 Å². The van der Waals surface area contributed by atoms with Crippen molar-refractivity contribution in [3.63, 3.8) is 0 Å². The third-order valence-electron chi connectivity index (χ3n) is 6.89. The largest absolute Gasteiger partial charge is 0.493 e. The molecule has 0 radical (unpaired) electrons. The van der Waals surface area contributed by atoms with E-state index >= 15 is 0 Å². The number of nitrogens with zero attached hydrogens (tertiary/aromatic N) is 5. The Morgan fingerprint density at radius 1 is 0.917 bits per heavy atom. The highest BCUT2D eigenvalue weighted by molar-refractivity contribution is 6.04. The van der Waals surface area contributed by atoms with Gasteiger partial charge in [0.1, 0.15) is 16.7 Å². The number of rotatable bonds is 8. The molecule has 5 rings (SSSR count). The first-order chi connectivity index (χ1) is 17.5. The second-order valence-electron chi connectivity index (χ2n) is 8.99. The first-order valence-corrected chi connectivity index (χ1v) is 12.4. The highest BCUT2D eigenvalue weighted by Crippen LogP contribution is 2.30. The predicted molar refractivity (Wildman–Crippen MR) is 142 cm³/mol. The van der Waals surface area contributed by atoms with Crippen LogP contribution in [0.15, 0.2) is 47.3 Å². The number of para-hydroxylation sites is 2. The van der Waals surface area contributed by atoms with E-state index in [-0.39, 0.29) is 11.6 Å². The van der Waals surface area contributed by atoms with E-state index in [4.69, 9.17) is 24.4 Å². The Labute approximate surface area is 209 Å². The normalized spacial score (nSPS) is 12.5. The van der Waals surface area contributed by atoms with Gasteiger partial charge in [0.05, 0.1) is 25.3 Å². The van der Waals surface area contributed by atoms with Crippen LogP contribution in [0.3, 0.4) is 0 Å². The monoisotopic (exact) mass is 485 g/mol. The van der Waals surface area contributed by atoms with E-state index in [1.165, 1.54) is 0 Å². The third-order valence-corrected chi connectivity index (χ3v) is 6.89. The molecule has 3 aromatic heterocycles. The first-order valence-electron chi connectivity index (χ1n) is 12.4. The van der Waals surface area contributed by atoms with E-state index in [2.05, 4.69) is 13.8 Å². The van der Waals surface area contributed by atoms with Gasteiger partial charge in [-0.25, -0.2) is 15.0 Å². The molecule has 0 N–H and O–H groups in total. The van der Waals surface area contributed by atoms with Gasteiger partial charge in [-0.05, 0) is 49.6 Å². The fourth-order valence-electron chi connectivity index (χ4n) is 4.79. The van der Waals surface area contributed by atoms with E-state index in [0.717, 1.165) is 28.8 Å². The Hall–Kier alpha value is -3.94. The molecule has 186 valence electrons. The lowest BCUT2D eigenvalue weighted by Gasteiger charge is -2.17. The van der Waals surface area contributed by atoms with Crippen molar-refractivity contribution in [3.05, 3.63) is 64.2 Å². The minimum Gasteiger partial charge on any atom is -0.493 e. The maximum absolute atomic E-state index is 13.9. The summed E-state index contributed by atoms with van der Waals surface area (Å²) in [6, 6.07) is 13.7. The number of fused-ring (bicyclic) bond motifs is 4. The quantitative estimate of drug-likeness (QED) is 0.304. The second kappa shape index (κ2) is 9.60. The lowest BCUT2D eigenvalue weighted by atomic mass is 10.1. The zero-order valence-corrected chi connectivity index (χ0v) is 21.4. The summed E-state index contributed by atoms with van der Waals surface area (Å²) in [6.07, 6.45) is 2.20. The van der Waals surface area contributed by atoms with Crippen LogP contribution in [0.1, 0.15) is 44.6 Å². The van der Waals surface area contributed by atoms with Gasteiger partial charge in [-0.1, -0.05) is 32.0 Å². The molecule has 3 heterocycles. The lowest BCUT2D eigenvalue weighted by Crippen LogP contribution is -2.28. The predicted octanol–water partition coefficient (Wildman–Crippen LogP) is 5.09. The Morgan fingerprint density at radius 3 is 2.31 bits per heavy atom. The topological polar surface area (TPSA) is 84.1 Å². The van der Waals surface area contributed by atoms with Crippen molar-refractivity contribution in [3.8, 4) is 11.5 Å². The van der Waals surface area contributed by atoms with Crippen LogP contribution in [-0.2, 0) is 19.4 Å². The summed E-state index contributed by atoms with van der Waals surface area (Å²) < 4.78 is 14.7. The molecule has 0 amide bonds. The Bertz CT molecular complexity index is 1640. The molecule has 2 aromatic carbocycles. The molecule has 1 atom stereocenters. The lowest BCUT2D eigenvalue weighted by molar-refractivity contribution is 0.354. The average Bonchev–Trinajstić information content (AvgIpc) is 3.21. The fraction of sp³-hybridized carbons (Fsp3) is 0.357. The number of aryl methyl sites for hydroxylation is 3. The van der Waals surface area contributed by atoms with E-state index < -0.39 is 0 Å². The molecule has 0 saturated carbocycles. The van der Waals surface area contributed by atoms with Crippen LogP contribution in [0.4, 0.5) is 0 Å². The molecule has 0 saturated heterocycles. The molecule has 0 aliphatic heterocycles. The van der Waals surface area contributed by atoms with Crippen LogP contribution in [-0.4, -0.2) is 38.3 Å². The zero-order valence-electron chi connectivity index (χ0n) is 21.4. The van der Waals surface area contributed by atoms with E-state index in [1.54, 1.807) is 14.2 Å². The SMILES string of the molecule is CCc1nc2c(c(=O)n1[C@H](C)CC)c1nc3ccccc3nc1n2CCc1ccc(OC)c(OC)c1. The average molecular weight is 486 g/mol. The summed E-state index contributed by atoms with van der Waals surface area (Å²) in [6.45, 7) is 6.77. The van der Waals surface area contributed by atoms with Crippen LogP contribution in [0.5, 0.6) is 11.5 Å². The summed E-state index contributed by atoms with van der Waals surface area (Å²) in [4.78, 5) is 28.8. The summed E-state index contributed by atoms with van der Waals surface area (Å²) in [5.74, 6) is 2.16. The van der Waals surface area contributed by atoms with Gasteiger partial charge in [0, 0.05) is 19.0 Å². The fourth-order valence-corrected chi connectivity index (χ4v) is 4.79. The van der Waals surface area contributed by atoms with Gasteiger partial charge in [0.15, 0.2) is 22.8 Å². The van der Waals surface area contributed by atoms with Crippen molar-refractivity contribution in [2.24, 2.45) is 0 Å². The van der Waals surface area contributed by atoms with E-state index in [9.17, 15) is 4.79 Å². The number of aromatic nitrogens is 5. The Balaban J connectivity index is 1.74. The van der Waals surface area contributed by atoms with Crippen molar-refractivity contribution in [2.45, 2.75) is 52.6 Å². The maximum Gasteiger partial charge on any atom is 0.265 e. The highest BCUT2D eigenvalue weighted by atomic mass is 16.5. The number of benzene rings is 2. The van der Waals surface area contributed by atoms with Gasteiger partial charge in [-0.3, -0.25) is 9.36 Å². The minimum atomic E-state index is -0.0503. The number of hydrogen-bond acceptors (Lipinski definition) is 6. The van der Waals surface area contributed by atoms with Crippen LogP contribution in [0.2, 0.25) is 0 Å². The van der Waals surface area contributed by atoms with Crippen LogP contribution in [0, 0.1) is 0 Å². The van der Waals surface area contributed by atoms with Crippen molar-refractivity contribution in [1.82, 2.24) is 24.1 Å². The van der Waals surface area contributed by atoms with Crippen LogP contribution < -0.4 is 15.0 Å². The van der Waals surface area contributed by atoms with Gasteiger partial charge in [-0.15, -0.1) is 0 Å². The summed E-state index contributed by atoms with van der Waals surface area (Å²) in [5.41, 5.74) is 4.51. The van der Waals surface area contributed by atoms with Gasteiger partial charge < -0.3 is 14.0 Å². The molecule has 0 bridgehead atoms. The molecule has 0 spiro atoms. The maximum atomic E-state index is 13.9.